The predicted molar refractivity (Wildman–Crippen MR) is 178 cm³/mol. The lowest BCUT2D eigenvalue weighted by atomic mass is 9.82. The fourth-order valence-corrected chi connectivity index (χ4v) is 6.64. The molecule has 0 saturated carbocycles. The molecule has 0 radical (unpaired) electrons. The number of hydrogen-bond donors (Lipinski definition) is 2. The first-order valence-electron chi connectivity index (χ1n) is 16.1. The van der Waals surface area contributed by atoms with E-state index in [-0.39, 0.29) is 30.7 Å². The van der Waals surface area contributed by atoms with Gasteiger partial charge in [-0.25, -0.2) is 4.79 Å². The summed E-state index contributed by atoms with van der Waals surface area (Å²) < 4.78 is 18.1. The first-order chi connectivity index (χ1) is 21.4. The van der Waals surface area contributed by atoms with E-state index in [0.29, 0.717) is 17.1 Å². The third-order valence-corrected chi connectivity index (χ3v) is 10.6. The van der Waals surface area contributed by atoms with Crippen molar-refractivity contribution in [2.45, 2.75) is 116 Å². The Kier molecular flexibility index (Phi) is 10.7. The average Bonchev–Trinajstić information content (AvgIpc) is 3.68. The number of nitrogens with zero attached hydrogens (tertiary/aromatic N) is 2. The lowest BCUT2D eigenvalue weighted by molar-refractivity contribution is -0.159. The first-order valence-corrected chi connectivity index (χ1v) is 16.5. The van der Waals surface area contributed by atoms with Crippen molar-refractivity contribution in [2.75, 3.05) is 19.0 Å². The molecule has 7 unspecified atom stereocenters. The number of aryl methyl sites for hydroxylation is 1. The molecule has 0 aliphatic carbocycles. The number of aliphatic hydroxyl groups is 1. The van der Waals surface area contributed by atoms with Crippen molar-refractivity contribution in [3.05, 3.63) is 52.1 Å². The Balaban J connectivity index is 1.76. The minimum Gasteiger partial charge on any atom is -0.457 e. The van der Waals surface area contributed by atoms with Crippen LogP contribution in [0.5, 0.6) is 0 Å². The largest absolute Gasteiger partial charge is 0.457 e. The van der Waals surface area contributed by atoms with E-state index in [2.05, 4.69) is 5.32 Å². The summed E-state index contributed by atoms with van der Waals surface area (Å²) in [7, 11) is 3.51. The zero-order chi connectivity index (χ0) is 34.3. The fourth-order valence-electron chi connectivity index (χ4n) is 6.40. The van der Waals surface area contributed by atoms with Crippen LogP contribution in [0.15, 0.2) is 35.9 Å². The maximum Gasteiger partial charge on any atom is 0.409 e. The van der Waals surface area contributed by atoms with Gasteiger partial charge in [-0.05, 0) is 72.2 Å². The zero-order valence-electron chi connectivity index (χ0n) is 28.7. The Morgan fingerprint density at radius 1 is 1.22 bits per heavy atom. The number of benzene rings is 1. The van der Waals surface area contributed by atoms with Gasteiger partial charge in [-0.15, -0.1) is 0 Å². The Hall–Kier alpha value is -2.92. The van der Waals surface area contributed by atoms with Crippen LogP contribution in [-0.4, -0.2) is 83.8 Å². The molecule has 2 saturated heterocycles. The first kappa shape index (κ1) is 35.9. The molecule has 4 bridgehead atoms. The van der Waals surface area contributed by atoms with E-state index in [0.717, 1.165) is 16.7 Å². The van der Waals surface area contributed by atoms with Gasteiger partial charge in [-0.3, -0.25) is 19.8 Å². The highest BCUT2D eigenvalue weighted by atomic mass is 35.5. The number of ether oxygens (including phenoxy) is 3. The van der Waals surface area contributed by atoms with Crippen molar-refractivity contribution in [3.63, 3.8) is 0 Å². The lowest BCUT2D eigenvalue weighted by Crippen LogP contribution is -2.60. The van der Waals surface area contributed by atoms with Crippen molar-refractivity contribution in [1.82, 2.24) is 10.2 Å². The molecule has 254 valence electrons. The number of nitrogens with one attached hydrogen (secondary N) is 1. The van der Waals surface area contributed by atoms with E-state index >= 15 is 0 Å². The third-order valence-electron chi connectivity index (χ3n) is 10.1. The number of esters is 1. The number of carbonyl (C=O) groups is 3. The van der Waals surface area contributed by atoms with Gasteiger partial charge < -0.3 is 24.2 Å². The number of likely N-dealkylation sites (N-methyl/N-ethyl adjacent to an activating group) is 1. The molecule has 10 nitrogen and oxygen atoms in total. The van der Waals surface area contributed by atoms with Crippen LogP contribution in [0.2, 0.25) is 5.02 Å². The highest BCUT2D eigenvalue weighted by Gasteiger charge is 2.64. The standard InChI is InChI=1S/C35H50ClN3O7/c1-19(2)38(9)24(7)32(41)45-28-17-29(40)39(10)26-16-25(15-21(4)30(26)36)14-20(3)12-11-13-22(5)35(43)18-27(44-33(42)37-35)23(6)31-34(28,8)46-31/h11-13,15-16,19,22-24,27-28,31,43H,14,17-18H2,1-10H3,(H,37,42)/b13-11+,20-12+/t22?,23?,24-,27?,28?,31?,34?,35?/m0/s1. The Morgan fingerprint density at radius 3 is 2.54 bits per heavy atom. The summed E-state index contributed by atoms with van der Waals surface area (Å²) in [6.07, 6.45) is 3.40. The van der Waals surface area contributed by atoms with Crippen LogP contribution in [0.4, 0.5) is 10.5 Å². The number of epoxide rings is 1. The highest BCUT2D eigenvalue weighted by Crippen LogP contribution is 2.49. The van der Waals surface area contributed by atoms with Crippen LogP contribution in [0.1, 0.15) is 72.4 Å². The SMILES string of the molecule is C/C1=C\C=C\C(C)C2(O)CC(OC(=O)N2)C(C)C2OC2(C)C(OC(=O)[C@H](C)N(C)C(C)C)CC(=O)N(C)c2cc(cc(C)c2Cl)C1. The minimum absolute atomic E-state index is 0.0899. The molecule has 3 aliphatic rings. The van der Waals surface area contributed by atoms with E-state index in [1.807, 2.05) is 90.8 Å². The number of carbonyl (C=O) groups excluding carboxylic acids is 3. The van der Waals surface area contributed by atoms with Gasteiger partial charge in [0, 0.05) is 31.3 Å². The summed E-state index contributed by atoms with van der Waals surface area (Å²) in [5.74, 6) is -1.59. The topological polar surface area (TPSA) is 121 Å². The third kappa shape index (κ3) is 7.46. The Bertz CT molecular complexity index is 1410. The molecule has 4 rings (SSSR count). The number of rotatable bonds is 4. The molecule has 2 fully saturated rings. The van der Waals surface area contributed by atoms with Gasteiger partial charge in [0.1, 0.15) is 29.6 Å². The van der Waals surface area contributed by atoms with Crippen LogP contribution in [0.25, 0.3) is 0 Å². The molecule has 2 amide bonds. The number of hydrogen-bond acceptors (Lipinski definition) is 8. The fraction of sp³-hybridized carbons (Fsp3) is 0.629. The summed E-state index contributed by atoms with van der Waals surface area (Å²) in [6, 6.07) is 3.43. The number of allylic oxidation sites excluding steroid dienone is 3. The predicted octanol–water partition coefficient (Wildman–Crippen LogP) is 5.32. The molecule has 11 heteroatoms. The molecule has 46 heavy (non-hydrogen) atoms. The van der Waals surface area contributed by atoms with E-state index in [1.165, 1.54) is 4.90 Å². The van der Waals surface area contributed by atoms with Crippen LogP contribution in [0, 0.1) is 18.8 Å². The van der Waals surface area contributed by atoms with Crippen molar-refractivity contribution < 1.29 is 33.7 Å². The minimum atomic E-state index is -1.55. The summed E-state index contributed by atoms with van der Waals surface area (Å²) in [5.41, 5.74) is 0.827. The summed E-state index contributed by atoms with van der Waals surface area (Å²) >= 11 is 6.75. The van der Waals surface area contributed by atoms with E-state index < -0.39 is 53.7 Å². The van der Waals surface area contributed by atoms with E-state index in [9.17, 15) is 19.5 Å². The van der Waals surface area contributed by atoms with Gasteiger partial charge in [0.2, 0.25) is 5.91 Å². The van der Waals surface area contributed by atoms with Gasteiger partial charge in [0.25, 0.3) is 0 Å². The van der Waals surface area contributed by atoms with Gasteiger partial charge in [-0.1, -0.05) is 55.3 Å². The molecule has 3 heterocycles. The van der Waals surface area contributed by atoms with Gasteiger partial charge >= 0.3 is 12.1 Å². The van der Waals surface area contributed by atoms with Crippen LogP contribution >= 0.6 is 11.6 Å². The Labute approximate surface area is 278 Å². The van der Waals surface area contributed by atoms with Gasteiger partial charge in [-0.2, -0.15) is 0 Å². The van der Waals surface area contributed by atoms with Crippen LogP contribution in [-0.2, 0) is 30.2 Å². The molecule has 1 aromatic carbocycles. The van der Waals surface area contributed by atoms with E-state index in [1.54, 1.807) is 14.0 Å². The molecule has 1 aromatic rings. The molecule has 0 aromatic heterocycles. The molecular formula is C35H50ClN3O7. The van der Waals surface area contributed by atoms with Gasteiger partial charge in [0.15, 0.2) is 0 Å². The molecule has 0 spiro atoms. The molecule has 8 atom stereocenters. The van der Waals surface area contributed by atoms with Crippen LogP contribution < -0.4 is 10.2 Å². The second kappa shape index (κ2) is 13.7. The van der Waals surface area contributed by atoms with Crippen molar-refractivity contribution in [3.8, 4) is 0 Å². The van der Waals surface area contributed by atoms with Crippen LogP contribution in [0.3, 0.4) is 0 Å². The smallest absolute Gasteiger partial charge is 0.409 e. The van der Waals surface area contributed by atoms with Crippen molar-refractivity contribution in [1.29, 1.82) is 0 Å². The van der Waals surface area contributed by atoms with Gasteiger partial charge in [0.05, 0.1) is 23.2 Å². The molecule has 2 N–H and O–H groups in total. The van der Waals surface area contributed by atoms with Crippen molar-refractivity contribution in [2.24, 2.45) is 11.8 Å². The average molecular weight is 660 g/mol. The second-order valence-electron chi connectivity index (χ2n) is 13.9. The van der Waals surface area contributed by atoms with Crippen molar-refractivity contribution >= 4 is 35.3 Å². The zero-order valence-corrected chi connectivity index (χ0v) is 29.5. The second-order valence-corrected chi connectivity index (χ2v) is 14.3. The monoisotopic (exact) mass is 659 g/mol. The molecular weight excluding hydrogens is 610 g/mol. The lowest BCUT2D eigenvalue weighted by Gasteiger charge is -2.41. The number of halogens is 1. The maximum atomic E-state index is 14.0. The number of anilines is 1. The maximum absolute atomic E-state index is 14.0. The highest BCUT2D eigenvalue weighted by molar-refractivity contribution is 6.34. The number of amides is 2. The summed E-state index contributed by atoms with van der Waals surface area (Å²) in [4.78, 5) is 43.5. The summed E-state index contributed by atoms with van der Waals surface area (Å²) in [6.45, 7) is 15.2. The molecule has 3 aliphatic heterocycles. The normalized spacial score (nSPS) is 34.6. The number of alkyl carbamates (subject to hydrolysis) is 1. The van der Waals surface area contributed by atoms with E-state index in [4.69, 9.17) is 25.8 Å². The summed E-state index contributed by atoms with van der Waals surface area (Å²) in [5, 5.41) is 14.7. The Morgan fingerprint density at radius 2 is 1.89 bits per heavy atom. The number of fused-ring (bicyclic) bond motifs is 5. The quantitative estimate of drug-likeness (QED) is 0.329.